The second kappa shape index (κ2) is 3.79. The van der Waals surface area contributed by atoms with E-state index in [9.17, 15) is 0 Å². The third kappa shape index (κ3) is 1.90. The zero-order valence-electron chi connectivity index (χ0n) is 6.45. The van der Waals surface area contributed by atoms with Crippen molar-refractivity contribution in [1.29, 1.82) is 5.26 Å². The van der Waals surface area contributed by atoms with Gasteiger partial charge in [-0.15, -0.1) is 0 Å². The zero-order chi connectivity index (χ0) is 9.14. The van der Waals surface area contributed by atoms with Crippen molar-refractivity contribution >= 4 is 24.2 Å². The van der Waals surface area contributed by atoms with E-state index in [2.05, 4.69) is 17.6 Å². The van der Waals surface area contributed by atoms with Crippen LogP contribution in [-0.2, 0) is 0 Å². The molecule has 1 rings (SSSR count). The van der Waals surface area contributed by atoms with Crippen molar-refractivity contribution in [2.75, 3.05) is 0 Å². The van der Waals surface area contributed by atoms with Crippen LogP contribution in [0.3, 0.4) is 0 Å². The number of thiol groups is 1. The van der Waals surface area contributed by atoms with Gasteiger partial charge in [-0.2, -0.15) is 17.9 Å². The molecule has 4 heteroatoms. The fourth-order valence-corrected chi connectivity index (χ4v) is 1.12. The maximum Gasteiger partial charge on any atom is 0.159 e. The molecule has 62 valence electrons. The van der Waals surface area contributed by atoms with E-state index < -0.39 is 0 Å². The van der Waals surface area contributed by atoms with Crippen LogP contribution >= 0.6 is 24.2 Å². The van der Waals surface area contributed by atoms with E-state index in [1.807, 2.05) is 13.0 Å². The van der Waals surface area contributed by atoms with Gasteiger partial charge in [-0.3, -0.25) is 0 Å². The third-order valence-corrected chi connectivity index (χ3v) is 2.04. The average molecular weight is 199 g/mol. The molecule has 0 amide bonds. The summed E-state index contributed by atoms with van der Waals surface area (Å²) >= 11 is 9.97. The lowest BCUT2D eigenvalue weighted by molar-refractivity contribution is 1.07. The molecule has 2 nitrogen and oxygen atoms in total. The Hall–Kier alpha value is -0.720. The summed E-state index contributed by atoms with van der Waals surface area (Å²) in [6, 6.07) is 3.61. The van der Waals surface area contributed by atoms with Crippen LogP contribution in [0.2, 0.25) is 5.02 Å². The number of nitriles is 1. The summed E-state index contributed by atoms with van der Waals surface area (Å²) in [5.41, 5.74) is 1.18. The minimum Gasteiger partial charge on any atom is -0.244 e. The van der Waals surface area contributed by atoms with Crippen LogP contribution in [0.15, 0.2) is 12.3 Å². The quantitative estimate of drug-likeness (QED) is 0.705. The van der Waals surface area contributed by atoms with Gasteiger partial charge < -0.3 is 0 Å². The van der Waals surface area contributed by atoms with E-state index >= 15 is 0 Å². The fraction of sp³-hybridized carbons (Fsp3) is 0.250. The molecular weight excluding hydrogens is 192 g/mol. The van der Waals surface area contributed by atoms with Crippen LogP contribution in [-0.4, -0.2) is 4.98 Å². The Morgan fingerprint density at radius 3 is 2.83 bits per heavy atom. The molecule has 1 aromatic rings. The largest absolute Gasteiger partial charge is 0.244 e. The van der Waals surface area contributed by atoms with Gasteiger partial charge in [0, 0.05) is 11.4 Å². The van der Waals surface area contributed by atoms with Crippen molar-refractivity contribution in [2.24, 2.45) is 0 Å². The van der Waals surface area contributed by atoms with E-state index in [1.54, 1.807) is 12.3 Å². The molecule has 0 fully saturated rings. The number of nitrogens with zero attached hydrogens (tertiary/aromatic N) is 2. The van der Waals surface area contributed by atoms with Crippen molar-refractivity contribution in [3.05, 3.63) is 28.5 Å². The number of pyridine rings is 1. The molecule has 0 aliphatic rings. The molecule has 0 spiro atoms. The van der Waals surface area contributed by atoms with E-state index in [-0.39, 0.29) is 10.9 Å². The van der Waals surface area contributed by atoms with Crippen LogP contribution < -0.4 is 0 Å². The first-order valence-electron chi connectivity index (χ1n) is 3.38. The summed E-state index contributed by atoms with van der Waals surface area (Å²) in [5, 5.41) is 9.00. The third-order valence-electron chi connectivity index (χ3n) is 1.45. The molecule has 0 N–H and O–H groups in total. The summed E-state index contributed by atoms with van der Waals surface area (Å²) < 4.78 is 0. The lowest BCUT2D eigenvalue weighted by Gasteiger charge is -2.03. The second-order valence-corrected chi connectivity index (χ2v) is 3.57. The van der Waals surface area contributed by atoms with E-state index in [0.29, 0.717) is 5.02 Å². The van der Waals surface area contributed by atoms with Crippen LogP contribution in [0.5, 0.6) is 0 Å². The molecule has 0 bridgehead atoms. The Labute approximate surface area is 81.6 Å². The van der Waals surface area contributed by atoms with Crippen molar-refractivity contribution in [2.45, 2.75) is 12.2 Å². The van der Waals surface area contributed by atoms with Gasteiger partial charge in [0.05, 0.1) is 5.02 Å². The molecule has 0 radical (unpaired) electrons. The van der Waals surface area contributed by atoms with Gasteiger partial charge in [0.15, 0.2) is 5.69 Å². The smallest absolute Gasteiger partial charge is 0.159 e. The Kier molecular flexibility index (Phi) is 2.96. The lowest BCUT2D eigenvalue weighted by Crippen LogP contribution is -1.90. The van der Waals surface area contributed by atoms with Gasteiger partial charge in [0.2, 0.25) is 0 Å². The minimum absolute atomic E-state index is 0.0859. The van der Waals surface area contributed by atoms with Crippen molar-refractivity contribution < 1.29 is 0 Å². The molecule has 0 saturated heterocycles. The van der Waals surface area contributed by atoms with Gasteiger partial charge in [-0.25, -0.2) is 4.98 Å². The molecule has 0 aliphatic heterocycles. The molecule has 12 heavy (non-hydrogen) atoms. The lowest BCUT2D eigenvalue weighted by atomic mass is 10.2. The molecule has 1 aromatic heterocycles. The predicted molar refractivity (Wildman–Crippen MR) is 51.4 cm³/mol. The van der Waals surface area contributed by atoms with E-state index in [4.69, 9.17) is 16.9 Å². The van der Waals surface area contributed by atoms with Crippen molar-refractivity contribution in [3.63, 3.8) is 0 Å². The highest BCUT2D eigenvalue weighted by atomic mass is 35.5. The van der Waals surface area contributed by atoms with Crippen molar-refractivity contribution in [1.82, 2.24) is 4.98 Å². The minimum atomic E-state index is 0.0859. The summed E-state index contributed by atoms with van der Waals surface area (Å²) in [7, 11) is 0. The first kappa shape index (κ1) is 9.37. The molecular formula is C8H7ClN2S. The maximum absolute atomic E-state index is 8.53. The topological polar surface area (TPSA) is 36.7 Å². The van der Waals surface area contributed by atoms with Crippen LogP contribution in [0, 0.1) is 11.3 Å². The summed E-state index contributed by atoms with van der Waals surface area (Å²) in [5.74, 6) is 0. The Bertz CT molecular complexity index is 330. The molecule has 1 heterocycles. The summed E-state index contributed by atoms with van der Waals surface area (Å²) in [4.78, 5) is 3.88. The standard InChI is InChI=1S/C8H7ClN2S/c1-5(12)6-2-7(9)8(3-10)11-4-6/h2,4-5,12H,1H3. The molecule has 0 aromatic carbocycles. The zero-order valence-corrected chi connectivity index (χ0v) is 8.10. The SMILES string of the molecule is CC(S)c1cnc(C#N)c(Cl)c1. The predicted octanol–water partition coefficient (Wildman–Crippen LogP) is 2.60. The Morgan fingerprint density at radius 1 is 1.75 bits per heavy atom. The molecule has 1 unspecified atom stereocenters. The fourth-order valence-electron chi connectivity index (χ4n) is 0.763. The maximum atomic E-state index is 8.53. The Balaban J connectivity index is 3.12. The number of aromatic nitrogens is 1. The first-order valence-corrected chi connectivity index (χ1v) is 4.28. The molecule has 0 saturated carbocycles. The van der Waals surface area contributed by atoms with Crippen LogP contribution in [0.25, 0.3) is 0 Å². The van der Waals surface area contributed by atoms with Crippen molar-refractivity contribution in [3.8, 4) is 6.07 Å². The van der Waals surface area contributed by atoms with E-state index in [1.165, 1.54) is 0 Å². The monoisotopic (exact) mass is 198 g/mol. The normalized spacial score (nSPS) is 12.2. The second-order valence-electron chi connectivity index (χ2n) is 2.39. The molecule has 1 atom stereocenters. The van der Waals surface area contributed by atoms with Gasteiger partial charge in [0.25, 0.3) is 0 Å². The summed E-state index contributed by atoms with van der Waals surface area (Å²) in [6.07, 6.45) is 1.61. The summed E-state index contributed by atoms with van der Waals surface area (Å²) in [6.45, 7) is 1.92. The number of hydrogen-bond acceptors (Lipinski definition) is 3. The van der Waals surface area contributed by atoms with Gasteiger partial charge in [-0.05, 0) is 18.6 Å². The number of rotatable bonds is 1. The van der Waals surface area contributed by atoms with Crippen LogP contribution in [0.4, 0.5) is 0 Å². The molecule has 0 aliphatic carbocycles. The van der Waals surface area contributed by atoms with Gasteiger partial charge >= 0.3 is 0 Å². The Morgan fingerprint density at radius 2 is 2.42 bits per heavy atom. The highest BCUT2D eigenvalue weighted by molar-refractivity contribution is 7.80. The average Bonchev–Trinajstić information content (AvgIpc) is 2.04. The highest BCUT2D eigenvalue weighted by Crippen LogP contribution is 2.22. The first-order chi connectivity index (χ1) is 5.65. The highest BCUT2D eigenvalue weighted by Gasteiger charge is 2.05. The number of hydrogen-bond donors (Lipinski definition) is 1. The van der Waals surface area contributed by atoms with E-state index in [0.717, 1.165) is 5.56 Å². The van der Waals surface area contributed by atoms with Gasteiger partial charge in [0.1, 0.15) is 6.07 Å². The van der Waals surface area contributed by atoms with Gasteiger partial charge in [-0.1, -0.05) is 11.6 Å². The number of halogens is 1. The van der Waals surface area contributed by atoms with Crippen LogP contribution in [0.1, 0.15) is 23.4 Å².